The van der Waals surface area contributed by atoms with Crippen molar-refractivity contribution in [1.29, 1.82) is 0 Å². The average molecular weight is 364 g/mol. The van der Waals surface area contributed by atoms with E-state index in [0.29, 0.717) is 25.3 Å². The van der Waals surface area contributed by atoms with Crippen LogP contribution in [0.2, 0.25) is 0 Å². The van der Waals surface area contributed by atoms with Crippen molar-refractivity contribution in [2.75, 3.05) is 13.7 Å². The van der Waals surface area contributed by atoms with Gasteiger partial charge < -0.3 is 14.5 Å². The molecule has 0 saturated heterocycles. The number of carbonyl (C=O) groups excluding carboxylic acids is 1. The Labute approximate surface area is 159 Å². The first-order valence-corrected chi connectivity index (χ1v) is 9.06. The molecule has 140 valence electrons. The van der Waals surface area contributed by atoms with E-state index in [0.717, 1.165) is 22.6 Å². The van der Waals surface area contributed by atoms with Crippen LogP contribution in [0.1, 0.15) is 19.2 Å². The number of nitrogens with one attached hydrogen (secondary N) is 1. The van der Waals surface area contributed by atoms with Crippen molar-refractivity contribution in [3.8, 4) is 22.6 Å². The molecule has 1 N–H and O–H groups in total. The van der Waals surface area contributed by atoms with E-state index < -0.39 is 0 Å². The molecule has 1 atom stereocenters. The molecule has 27 heavy (non-hydrogen) atoms. The van der Waals surface area contributed by atoms with E-state index in [1.54, 1.807) is 7.11 Å². The van der Waals surface area contributed by atoms with Gasteiger partial charge in [-0.2, -0.15) is 0 Å². The van der Waals surface area contributed by atoms with Gasteiger partial charge in [0.2, 0.25) is 5.91 Å². The number of rotatable bonds is 8. The third kappa shape index (κ3) is 5.05. The SMILES string of the molecule is COC[C@@H](C)NC(=O)CCc1nc(-c2ccccc2)c(-c2ccccc2)o1. The van der Waals surface area contributed by atoms with E-state index in [4.69, 9.17) is 9.15 Å². The summed E-state index contributed by atoms with van der Waals surface area (Å²) in [4.78, 5) is 16.8. The first-order valence-electron chi connectivity index (χ1n) is 9.06. The Hall–Kier alpha value is -2.92. The largest absolute Gasteiger partial charge is 0.440 e. The Bertz CT molecular complexity index is 803. The number of ether oxygens (including phenoxy) is 1. The highest BCUT2D eigenvalue weighted by atomic mass is 16.5. The third-order valence-corrected chi connectivity index (χ3v) is 4.14. The molecular formula is C22H24N2O3. The van der Waals surface area contributed by atoms with Gasteiger partial charge in [-0.3, -0.25) is 4.79 Å². The number of amides is 1. The number of nitrogens with zero attached hydrogens (tertiary/aromatic N) is 1. The van der Waals surface area contributed by atoms with E-state index in [-0.39, 0.29) is 11.9 Å². The highest BCUT2D eigenvalue weighted by molar-refractivity contribution is 5.78. The molecule has 0 radical (unpaired) electrons. The van der Waals surface area contributed by atoms with Crippen molar-refractivity contribution < 1.29 is 13.9 Å². The molecule has 1 heterocycles. The fourth-order valence-corrected chi connectivity index (χ4v) is 2.91. The van der Waals surface area contributed by atoms with Crippen molar-refractivity contribution in [1.82, 2.24) is 10.3 Å². The molecule has 0 fully saturated rings. The lowest BCUT2D eigenvalue weighted by Crippen LogP contribution is -2.35. The second-order valence-electron chi connectivity index (χ2n) is 6.44. The molecule has 5 heteroatoms. The van der Waals surface area contributed by atoms with Crippen molar-refractivity contribution in [3.63, 3.8) is 0 Å². The number of carbonyl (C=O) groups is 1. The van der Waals surface area contributed by atoms with Gasteiger partial charge in [-0.25, -0.2) is 4.98 Å². The number of methoxy groups -OCH3 is 1. The van der Waals surface area contributed by atoms with Gasteiger partial charge in [0.1, 0.15) is 5.69 Å². The van der Waals surface area contributed by atoms with Crippen LogP contribution < -0.4 is 5.32 Å². The minimum atomic E-state index is -0.0414. The number of aromatic nitrogens is 1. The third-order valence-electron chi connectivity index (χ3n) is 4.14. The zero-order chi connectivity index (χ0) is 19.1. The van der Waals surface area contributed by atoms with E-state index in [9.17, 15) is 4.79 Å². The van der Waals surface area contributed by atoms with Gasteiger partial charge in [0.15, 0.2) is 11.7 Å². The van der Waals surface area contributed by atoms with E-state index in [1.165, 1.54) is 0 Å². The van der Waals surface area contributed by atoms with Gasteiger partial charge in [-0.15, -0.1) is 0 Å². The molecule has 3 rings (SSSR count). The summed E-state index contributed by atoms with van der Waals surface area (Å²) < 4.78 is 11.1. The second-order valence-corrected chi connectivity index (χ2v) is 6.44. The molecule has 1 amide bonds. The molecule has 5 nitrogen and oxygen atoms in total. The summed E-state index contributed by atoms with van der Waals surface area (Å²) in [5.41, 5.74) is 2.75. The summed E-state index contributed by atoms with van der Waals surface area (Å²) >= 11 is 0. The molecule has 1 aromatic heterocycles. The summed E-state index contributed by atoms with van der Waals surface area (Å²) in [6, 6.07) is 19.8. The maximum absolute atomic E-state index is 12.1. The summed E-state index contributed by atoms with van der Waals surface area (Å²) in [6.07, 6.45) is 0.759. The fraction of sp³-hybridized carbons (Fsp3) is 0.273. The van der Waals surface area contributed by atoms with Gasteiger partial charge in [0.25, 0.3) is 0 Å². The number of benzene rings is 2. The molecule has 3 aromatic rings. The molecule has 0 aliphatic carbocycles. The maximum Gasteiger partial charge on any atom is 0.220 e. The van der Waals surface area contributed by atoms with E-state index in [2.05, 4.69) is 10.3 Å². The fourth-order valence-electron chi connectivity index (χ4n) is 2.91. The highest BCUT2D eigenvalue weighted by Gasteiger charge is 2.17. The lowest BCUT2D eigenvalue weighted by molar-refractivity contribution is -0.122. The summed E-state index contributed by atoms with van der Waals surface area (Å²) in [5.74, 6) is 1.24. The zero-order valence-electron chi connectivity index (χ0n) is 15.6. The summed E-state index contributed by atoms with van der Waals surface area (Å²) in [6.45, 7) is 2.40. The van der Waals surface area contributed by atoms with Gasteiger partial charge >= 0.3 is 0 Å². The zero-order valence-corrected chi connectivity index (χ0v) is 15.6. The van der Waals surface area contributed by atoms with Crippen LogP contribution in [0.3, 0.4) is 0 Å². The average Bonchev–Trinajstić information content (AvgIpc) is 3.12. The lowest BCUT2D eigenvalue weighted by atomic mass is 10.1. The predicted molar refractivity (Wildman–Crippen MR) is 105 cm³/mol. The first kappa shape index (κ1) is 18.9. The molecular weight excluding hydrogens is 340 g/mol. The Morgan fingerprint density at radius 1 is 1.07 bits per heavy atom. The highest BCUT2D eigenvalue weighted by Crippen LogP contribution is 2.32. The van der Waals surface area contributed by atoms with E-state index >= 15 is 0 Å². The van der Waals surface area contributed by atoms with Crippen LogP contribution in [0.4, 0.5) is 0 Å². The van der Waals surface area contributed by atoms with Crippen LogP contribution in [-0.2, 0) is 16.0 Å². The van der Waals surface area contributed by atoms with Gasteiger partial charge in [-0.05, 0) is 6.92 Å². The molecule has 0 bridgehead atoms. The quantitative estimate of drug-likeness (QED) is 0.654. The number of oxazole rings is 1. The molecule has 0 aliphatic heterocycles. The Morgan fingerprint density at radius 2 is 1.70 bits per heavy atom. The Kier molecular flexibility index (Phi) is 6.39. The maximum atomic E-state index is 12.1. The molecule has 0 spiro atoms. The van der Waals surface area contributed by atoms with Crippen LogP contribution in [0.25, 0.3) is 22.6 Å². The number of aryl methyl sites for hydroxylation is 1. The van der Waals surface area contributed by atoms with Crippen LogP contribution in [0.5, 0.6) is 0 Å². The standard InChI is InChI=1S/C22H24N2O3/c1-16(15-26-2)23-19(25)13-14-20-24-21(17-9-5-3-6-10-17)22(27-20)18-11-7-4-8-12-18/h3-12,16H,13-15H2,1-2H3,(H,23,25)/t16-/m1/s1. The predicted octanol–water partition coefficient (Wildman–Crippen LogP) is 4.09. The minimum absolute atomic E-state index is 0.0215. The monoisotopic (exact) mass is 364 g/mol. The minimum Gasteiger partial charge on any atom is -0.440 e. The molecule has 0 aliphatic rings. The van der Waals surface area contributed by atoms with Crippen LogP contribution in [0.15, 0.2) is 65.1 Å². The Balaban J connectivity index is 1.79. The van der Waals surface area contributed by atoms with Crippen LogP contribution >= 0.6 is 0 Å². The normalized spacial score (nSPS) is 11.9. The first-order chi connectivity index (χ1) is 13.2. The van der Waals surface area contributed by atoms with Gasteiger partial charge in [0.05, 0.1) is 6.61 Å². The molecule has 2 aromatic carbocycles. The van der Waals surface area contributed by atoms with Crippen LogP contribution in [0, 0.1) is 0 Å². The van der Waals surface area contributed by atoms with Crippen molar-refractivity contribution >= 4 is 5.91 Å². The van der Waals surface area contributed by atoms with Crippen molar-refractivity contribution in [2.45, 2.75) is 25.8 Å². The smallest absolute Gasteiger partial charge is 0.220 e. The molecule has 0 saturated carbocycles. The van der Waals surface area contributed by atoms with Gasteiger partial charge in [-0.1, -0.05) is 60.7 Å². The topological polar surface area (TPSA) is 64.4 Å². The van der Waals surface area contributed by atoms with Crippen molar-refractivity contribution in [2.24, 2.45) is 0 Å². The lowest BCUT2D eigenvalue weighted by Gasteiger charge is -2.11. The van der Waals surface area contributed by atoms with Crippen molar-refractivity contribution in [3.05, 3.63) is 66.6 Å². The second kappa shape index (κ2) is 9.14. The van der Waals surface area contributed by atoms with Gasteiger partial charge in [0, 0.05) is 37.1 Å². The number of hydrogen-bond acceptors (Lipinski definition) is 4. The summed E-state index contributed by atoms with van der Waals surface area (Å²) in [7, 11) is 1.62. The summed E-state index contributed by atoms with van der Waals surface area (Å²) in [5, 5.41) is 2.90. The Morgan fingerprint density at radius 3 is 2.33 bits per heavy atom. The molecule has 0 unspecified atom stereocenters. The van der Waals surface area contributed by atoms with Crippen LogP contribution in [-0.4, -0.2) is 30.6 Å². The number of hydrogen-bond donors (Lipinski definition) is 1. The van der Waals surface area contributed by atoms with E-state index in [1.807, 2.05) is 67.6 Å².